The zero-order valence-electron chi connectivity index (χ0n) is 16.4. The maximum atomic E-state index is 13.1. The molecule has 0 radical (unpaired) electrons. The van der Waals surface area contributed by atoms with Crippen LogP contribution in [-0.2, 0) is 21.4 Å². The number of hydrogen-bond acceptors (Lipinski definition) is 4. The average molecular weight is 421 g/mol. The minimum atomic E-state index is -3.68. The molecule has 9 heteroatoms. The van der Waals surface area contributed by atoms with E-state index in [4.69, 9.17) is 0 Å². The molecule has 1 aromatic heterocycles. The van der Waals surface area contributed by atoms with Gasteiger partial charge >= 0.3 is 0 Å². The number of carbonyl (C=O) groups is 1. The molecule has 0 N–H and O–H groups in total. The van der Waals surface area contributed by atoms with Crippen LogP contribution < -0.4 is 5.56 Å². The number of benzene rings is 1. The van der Waals surface area contributed by atoms with Gasteiger partial charge in [-0.05, 0) is 43.5 Å². The molecule has 2 heterocycles. The highest BCUT2D eigenvalue weighted by Crippen LogP contribution is 2.21. The van der Waals surface area contributed by atoms with Crippen molar-refractivity contribution in [2.45, 2.75) is 37.2 Å². The second kappa shape index (κ2) is 8.46. The summed E-state index contributed by atoms with van der Waals surface area (Å²) in [6.45, 7) is 2.42. The van der Waals surface area contributed by atoms with Gasteiger partial charge in [0.25, 0.3) is 5.56 Å². The van der Waals surface area contributed by atoms with Crippen molar-refractivity contribution in [3.63, 3.8) is 0 Å². The molecule has 7 nitrogen and oxygen atoms in total. The molecule has 1 fully saturated rings. The van der Waals surface area contributed by atoms with Crippen LogP contribution in [0.1, 0.15) is 31.4 Å². The molecule has 1 aromatic carbocycles. The second-order valence-corrected chi connectivity index (χ2v) is 9.11. The van der Waals surface area contributed by atoms with Gasteiger partial charge in [-0.25, -0.2) is 12.8 Å². The van der Waals surface area contributed by atoms with Gasteiger partial charge < -0.3 is 9.47 Å². The van der Waals surface area contributed by atoms with Crippen LogP contribution in [0.15, 0.2) is 52.3 Å². The summed E-state index contributed by atoms with van der Waals surface area (Å²) in [7, 11) is -2.09. The standard InChI is InChI=1S/C20H24FN3O4S/c1-15(16-5-7-17(21)8-6-16)22(2)20(26)14-23-13-18(9-10-19(23)25)29(27,28)24-11-3-4-12-24/h5-10,13,15H,3-4,11-12,14H2,1-2H3/t15-/m1/s1. The van der Waals surface area contributed by atoms with Gasteiger partial charge in [0.05, 0.1) is 10.9 Å². The molecule has 156 valence electrons. The smallest absolute Gasteiger partial charge is 0.251 e. The number of halogens is 1. The molecule has 0 saturated carbocycles. The van der Waals surface area contributed by atoms with Gasteiger partial charge in [0, 0.05) is 32.4 Å². The first kappa shape index (κ1) is 21.2. The summed E-state index contributed by atoms with van der Waals surface area (Å²) in [5, 5.41) is 0. The second-order valence-electron chi connectivity index (χ2n) is 7.17. The Hall–Kier alpha value is -2.52. The SMILES string of the molecule is C[C@H](c1ccc(F)cc1)N(C)C(=O)Cn1cc(S(=O)(=O)N2CCCC2)ccc1=O. The maximum Gasteiger partial charge on any atom is 0.251 e. The summed E-state index contributed by atoms with van der Waals surface area (Å²) in [6, 6.07) is 7.94. The first-order valence-corrected chi connectivity index (χ1v) is 10.9. The minimum absolute atomic E-state index is 0.000959. The Balaban J connectivity index is 1.79. The molecule has 1 aliphatic rings. The molecule has 1 aliphatic heterocycles. The average Bonchev–Trinajstić information content (AvgIpc) is 3.24. The molecular formula is C20H24FN3O4S. The van der Waals surface area contributed by atoms with Crippen molar-refractivity contribution in [3.05, 3.63) is 64.3 Å². The van der Waals surface area contributed by atoms with Crippen molar-refractivity contribution in [2.24, 2.45) is 0 Å². The number of rotatable bonds is 6. The fourth-order valence-corrected chi connectivity index (χ4v) is 4.84. The summed E-state index contributed by atoms with van der Waals surface area (Å²) >= 11 is 0. The maximum absolute atomic E-state index is 13.1. The van der Waals surface area contributed by atoms with E-state index in [2.05, 4.69) is 0 Å². The molecule has 0 unspecified atom stereocenters. The summed E-state index contributed by atoms with van der Waals surface area (Å²) < 4.78 is 41.1. The summed E-state index contributed by atoms with van der Waals surface area (Å²) in [5.74, 6) is -0.725. The Morgan fingerprint density at radius 1 is 1.14 bits per heavy atom. The van der Waals surface area contributed by atoms with Crippen LogP contribution in [0.2, 0.25) is 0 Å². The van der Waals surface area contributed by atoms with Gasteiger partial charge in [-0.15, -0.1) is 0 Å². The third-order valence-corrected chi connectivity index (χ3v) is 7.17. The molecule has 29 heavy (non-hydrogen) atoms. The van der Waals surface area contributed by atoms with E-state index in [0.29, 0.717) is 13.1 Å². The molecular weight excluding hydrogens is 397 g/mol. The zero-order chi connectivity index (χ0) is 21.2. The van der Waals surface area contributed by atoms with Crippen LogP contribution in [0.25, 0.3) is 0 Å². The first-order valence-electron chi connectivity index (χ1n) is 9.42. The van der Waals surface area contributed by atoms with E-state index in [1.807, 2.05) is 0 Å². The van der Waals surface area contributed by atoms with Crippen LogP contribution in [-0.4, -0.2) is 48.2 Å². The molecule has 1 saturated heterocycles. The van der Waals surface area contributed by atoms with Gasteiger partial charge in [0.15, 0.2) is 0 Å². The van der Waals surface area contributed by atoms with Crippen molar-refractivity contribution in [1.29, 1.82) is 0 Å². The Bertz CT molecular complexity index is 1040. The highest BCUT2D eigenvalue weighted by Gasteiger charge is 2.28. The Morgan fingerprint density at radius 2 is 1.76 bits per heavy atom. The third kappa shape index (κ3) is 4.56. The topological polar surface area (TPSA) is 79.7 Å². The van der Waals surface area contributed by atoms with Crippen LogP contribution in [0.4, 0.5) is 4.39 Å². The van der Waals surface area contributed by atoms with Gasteiger partial charge in [-0.1, -0.05) is 12.1 Å². The van der Waals surface area contributed by atoms with Gasteiger partial charge in [-0.3, -0.25) is 9.59 Å². The van der Waals surface area contributed by atoms with Crippen molar-refractivity contribution in [1.82, 2.24) is 13.8 Å². The largest absolute Gasteiger partial charge is 0.337 e. The van der Waals surface area contributed by atoms with E-state index in [9.17, 15) is 22.4 Å². The number of pyridine rings is 1. The van der Waals surface area contributed by atoms with E-state index in [1.54, 1.807) is 26.1 Å². The van der Waals surface area contributed by atoms with Crippen molar-refractivity contribution >= 4 is 15.9 Å². The summed E-state index contributed by atoms with van der Waals surface area (Å²) in [5.41, 5.74) is 0.293. The fourth-order valence-electron chi connectivity index (χ4n) is 3.30. The Labute approximate surface area is 169 Å². The lowest BCUT2D eigenvalue weighted by molar-refractivity contribution is -0.132. The molecule has 0 aliphatic carbocycles. The third-order valence-electron chi connectivity index (χ3n) is 5.29. The van der Waals surface area contributed by atoms with E-state index < -0.39 is 15.6 Å². The Kier molecular flexibility index (Phi) is 6.18. The van der Waals surface area contributed by atoms with Gasteiger partial charge in [-0.2, -0.15) is 4.31 Å². The first-order chi connectivity index (χ1) is 13.7. The zero-order valence-corrected chi connectivity index (χ0v) is 17.2. The van der Waals surface area contributed by atoms with Crippen molar-refractivity contribution < 1.29 is 17.6 Å². The number of amides is 1. The van der Waals surface area contributed by atoms with Crippen LogP contribution in [0.3, 0.4) is 0 Å². The molecule has 2 aromatic rings. The fraction of sp³-hybridized carbons (Fsp3) is 0.400. The minimum Gasteiger partial charge on any atom is -0.337 e. The lowest BCUT2D eigenvalue weighted by Crippen LogP contribution is -2.36. The number of aromatic nitrogens is 1. The number of hydrogen-bond donors (Lipinski definition) is 0. The lowest BCUT2D eigenvalue weighted by atomic mass is 10.1. The van der Waals surface area contributed by atoms with E-state index in [0.717, 1.165) is 23.0 Å². The van der Waals surface area contributed by atoms with Crippen LogP contribution >= 0.6 is 0 Å². The van der Waals surface area contributed by atoms with E-state index in [-0.39, 0.29) is 29.2 Å². The normalized spacial score (nSPS) is 16.0. The van der Waals surface area contributed by atoms with Crippen molar-refractivity contribution in [2.75, 3.05) is 20.1 Å². The number of likely N-dealkylation sites (N-methyl/N-ethyl adjacent to an activating group) is 1. The van der Waals surface area contributed by atoms with Crippen LogP contribution in [0, 0.1) is 5.82 Å². The predicted octanol–water partition coefficient (Wildman–Crippen LogP) is 1.99. The summed E-state index contributed by atoms with van der Waals surface area (Å²) in [6.07, 6.45) is 2.84. The van der Waals surface area contributed by atoms with Gasteiger partial charge in [0.2, 0.25) is 15.9 Å². The van der Waals surface area contributed by atoms with Crippen molar-refractivity contribution in [3.8, 4) is 0 Å². The molecule has 1 amide bonds. The number of sulfonamides is 1. The highest BCUT2D eigenvalue weighted by molar-refractivity contribution is 7.89. The van der Waals surface area contributed by atoms with E-state index in [1.165, 1.54) is 39.7 Å². The molecule has 0 bridgehead atoms. The van der Waals surface area contributed by atoms with Gasteiger partial charge in [0.1, 0.15) is 12.4 Å². The molecule has 1 atom stereocenters. The predicted molar refractivity (Wildman–Crippen MR) is 106 cm³/mol. The summed E-state index contributed by atoms with van der Waals surface area (Å²) in [4.78, 5) is 26.3. The number of nitrogens with zero attached hydrogens (tertiary/aromatic N) is 3. The Morgan fingerprint density at radius 3 is 2.38 bits per heavy atom. The lowest BCUT2D eigenvalue weighted by Gasteiger charge is -2.26. The quantitative estimate of drug-likeness (QED) is 0.715. The van der Waals surface area contributed by atoms with E-state index >= 15 is 0 Å². The molecule has 3 rings (SSSR count). The van der Waals surface area contributed by atoms with Crippen LogP contribution in [0.5, 0.6) is 0 Å². The number of carbonyl (C=O) groups excluding carboxylic acids is 1. The highest BCUT2D eigenvalue weighted by atomic mass is 32.2. The monoisotopic (exact) mass is 421 g/mol. The molecule has 0 spiro atoms.